The third kappa shape index (κ3) is 1.68. The number of fused-ring (bicyclic) bond motifs is 1. The average Bonchev–Trinajstić information content (AvgIpc) is 2.06. The van der Waals surface area contributed by atoms with Crippen LogP contribution in [-0.2, 0) is 0 Å². The van der Waals surface area contributed by atoms with E-state index in [1.165, 1.54) is 16.1 Å². The Morgan fingerprint density at radius 1 is 1.38 bits per heavy atom. The highest BCUT2D eigenvalue weighted by molar-refractivity contribution is 8.01. The average molecular weight is 193 g/mol. The van der Waals surface area contributed by atoms with Crippen molar-refractivity contribution in [3.05, 3.63) is 23.8 Å². The molecule has 0 saturated carbocycles. The molecule has 2 rings (SSSR count). The molecule has 0 saturated heterocycles. The monoisotopic (exact) mass is 193 g/mol. The number of rotatable bonds is 0. The molecule has 1 aromatic carbocycles. The lowest BCUT2D eigenvalue weighted by molar-refractivity contribution is 0.738. The predicted octanol–water partition coefficient (Wildman–Crippen LogP) is 3.29. The van der Waals surface area contributed by atoms with Crippen LogP contribution in [0.4, 0.5) is 5.69 Å². The van der Waals surface area contributed by atoms with Gasteiger partial charge in [0, 0.05) is 21.9 Å². The molecule has 0 amide bonds. The molecule has 13 heavy (non-hydrogen) atoms. The Morgan fingerprint density at radius 3 is 2.92 bits per heavy atom. The number of benzene rings is 1. The molecule has 0 fully saturated rings. The topological polar surface area (TPSA) is 12.0 Å². The van der Waals surface area contributed by atoms with Gasteiger partial charge in [-0.2, -0.15) is 0 Å². The molecule has 0 aliphatic carbocycles. The minimum Gasteiger partial charge on any atom is -0.383 e. The summed E-state index contributed by atoms with van der Waals surface area (Å²) in [7, 11) is 0. The van der Waals surface area contributed by atoms with Crippen LogP contribution < -0.4 is 5.32 Å². The van der Waals surface area contributed by atoms with E-state index in [0.717, 1.165) is 6.54 Å². The normalized spacial score (nSPS) is 19.0. The van der Waals surface area contributed by atoms with Crippen LogP contribution in [0.2, 0.25) is 0 Å². The van der Waals surface area contributed by atoms with Gasteiger partial charge in [0.1, 0.15) is 0 Å². The zero-order valence-electron chi connectivity index (χ0n) is 8.35. The molecular weight excluding hydrogens is 178 g/mol. The Labute approximate surface area is 83.9 Å². The smallest absolute Gasteiger partial charge is 0.0481 e. The van der Waals surface area contributed by atoms with Crippen LogP contribution in [0.5, 0.6) is 0 Å². The van der Waals surface area contributed by atoms with Crippen molar-refractivity contribution in [3.8, 4) is 0 Å². The van der Waals surface area contributed by atoms with Gasteiger partial charge in [-0.25, -0.2) is 0 Å². The number of anilines is 1. The molecule has 2 heteroatoms. The van der Waals surface area contributed by atoms with Crippen LogP contribution in [0.25, 0.3) is 0 Å². The Bertz CT molecular complexity index is 331. The first-order valence-corrected chi connectivity index (χ1v) is 5.43. The van der Waals surface area contributed by atoms with E-state index in [1.54, 1.807) is 0 Å². The Balaban J connectivity index is 2.44. The second-order valence-corrected chi connectivity index (χ2v) is 5.88. The molecule has 0 bridgehead atoms. The van der Waals surface area contributed by atoms with Crippen LogP contribution in [0.1, 0.15) is 19.4 Å². The lowest BCUT2D eigenvalue weighted by Gasteiger charge is -2.32. The van der Waals surface area contributed by atoms with E-state index in [0.29, 0.717) is 4.75 Å². The van der Waals surface area contributed by atoms with Gasteiger partial charge in [0.2, 0.25) is 0 Å². The van der Waals surface area contributed by atoms with Gasteiger partial charge in [-0.15, -0.1) is 11.8 Å². The second kappa shape index (κ2) is 2.95. The van der Waals surface area contributed by atoms with Crippen molar-refractivity contribution in [3.63, 3.8) is 0 Å². The van der Waals surface area contributed by atoms with E-state index in [2.05, 4.69) is 44.3 Å². The maximum Gasteiger partial charge on any atom is 0.0481 e. The Kier molecular flexibility index (Phi) is 2.03. The molecule has 1 nitrogen and oxygen atoms in total. The quantitative estimate of drug-likeness (QED) is 0.678. The maximum atomic E-state index is 3.47. The van der Waals surface area contributed by atoms with Crippen LogP contribution in [0.15, 0.2) is 23.1 Å². The summed E-state index contributed by atoms with van der Waals surface area (Å²) in [6.07, 6.45) is 0. The van der Waals surface area contributed by atoms with Crippen LogP contribution in [-0.4, -0.2) is 11.3 Å². The molecule has 1 aliphatic heterocycles. The van der Waals surface area contributed by atoms with Gasteiger partial charge in [0.15, 0.2) is 0 Å². The van der Waals surface area contributed by atoms with E-state index in [9.17, 15) is 0 Å². The second-order valence-electron chi connectivity index (χ2n) is 4.17. The zero-order valence-corrected chi connectivity index (χ0v) is 9.16. The number of nitrogens with one attached hydrogen (secondary N) is 1. The summed E-state index contributed by atoms with van der Waals surface area (Å²) >= 11 is 1.98. The fourth-order valence-electron chi connectivity index (χ4n) is 1.55. The van der Waals surface area contributed by atoms with Gasteiger partial charge >= 0.3 is 0 Å². The molecule has 0 unspecified atom stereocenters. The summed E-state index contributed by atoms with van der Waals surface area (Å²) in [5.41, 5.74) is 2.67. The van der Waals surface area contributed by atoms with Crippen molar-refractivity contribution in [2.45, 2.75) is 30.4 Å². The number of hydrogen-bond acceptors (Lipinski definition) is 2. The minimum atomic E-state index is 0.319. The third-order valence-corrected chi connectivity index (χ3v) is 3.74. The fourth-order valence-corrected chi connectivity index (χ4v) is 2.72. The molecule has 0 atom stereocenters. The summed E-state index contributed by atoms with van der Waals surface area (Å²) in [6.45, 7) is 7.78. The lowest BCUT2D eigenvalue weighted by Crippen LogP contribution is -2.30. The molecule has 1 N–H and O–H groups in total. The van der Waals surface area contributed by atoms with Gasteiger partial charge in [0.05, 0.1) is 0 Å². The van der Waals surface area contributed by atoms with Gasteiger partial charge in [-0.1, -0.05) is 12.1 Å². The van der Waals surface area contributed by atoms with Gasteiger partial charge in [-0.05, 0) is 32.4 Å². The van der Waals surface area contributed by atoms with Gasteiger partial charge in [-0.3, -0.25) is 0 Å². The SMILES string of the molecule is Cc1cccc2c1SC(C)(C)CN2. The van der Waals surface area contributed by atoms with Crippen LogP contribution in [0, 0.1) is 6.92 Å². The summed E-state index contributed by atoms with van der Waals surface area (Å²) in [5, 5.41) is 3.47. The largest absolute Gasteiger partial charge is 0.383 e. The van der Waals surface area contributed by atoms with E-state index in [1.807, 2.05) is 11.8 Å². The Morgan fingerprint density at radius 2 is 2.15 bits per heavy atom. The number of hydrogen-bond donors (Lipinski definition) is 1. The molecule has 1 heterocycles. The van der Waals surface area contributed by atoms with Crippen molar-refractivity contribution in [2.24, 2.45) is 0 Å². The first-order valence-electron chi connectivity index (χ1n) is 4.61. The van der Waals surface area contributed by atoms with Gasteiger partial charge in [0.25, 0.3) is 0 Å². The summed E-state index contributed by atoms with van der Waals surface area (Å²) < 4.78 is 0.319. The zero-order chi connectivity index (χ0) is 9.47. The van der Waals surface area contributed by atoms with Crippen LogP contribution in [0.3, 0.4) is 0 Å². The highest BCUT2D eigenvalue weighted by Gasteiger charge is 2.26. The molecule has 0 spiro atoms. The first kappa shape index (κ1) is 8.95. The van der Waals surface area contributed by atoms with Crippen molar-refractivity contribution in [1.82, 2.24) is 0 Å². The highest BCUT2D eigenvalue weighted by Crippen LogP contribution is 2.42. The third-order valence-electron chi connectivity index (χ3n) is 2.29. The number of aryl methyl sites for hydroxylation is 1. The fraction of sp³-hybridized carbons (Fsp3) is 0.455. The maximum absolute atomic E-state index is 3.47. The van der Waals surface area contributed by atoms with E-state index < -0.39 is 0 Å². The molecule has 0 aromatic heterocycles. The highest BCUT2D eigenvalue weighted by atomic mass is 32.2. The standard InChI is InChI=1S/C11H15NS/c1-8-5-4-6-9-10(8)13-11(2,3)7-12-9/h4-6,12H,7H2,1-3H3. The number of thioether (sulfide) groups is 1. The molecule has 1 aliphatic rings. The summed E-state index contributed by atoms with van der Waals surface area (Å²) in [5.74, 6) is 0. The van der Waals surface area contributed by atoms with Crippen molar-refractivity contribution >= 4 is 17.4 Å². The molecule has 1 aromatic rings. The molecular formula is C11H15NS. The molecule has 0 radical (unpaired) electrons. The summed E-state index contributed by atoms with van der Waals surface area (Å²) in [4.78, 5) is 1.42. The van der Waals surface area contributed by atoms with E-state index in [-0.39, 0.29) is 0 Å². The van der Waals surface area contributed by atoms with E-state index >= 15 is 0 Å². The Hall–Kier alpha value is -0.630. The predicted molar refractivity (Wildman–Crippen MR) is 59.6 cm³/mol. The summed E-state index contributed by atoms with van der Waals surface area (Å²) in [6, 6.07) is 6.44. The van der Waals surface area contributed by atoms with Crippen LogP contribution >= 0.6 is 11.8 Å². The lowest BCUT2D eigenvalue weighted by atomic mass is 10.1. The van der Waals surface area contributed by atoms with E-state index in [4.69, 9.17) is 0 Å². The minimum absolute atomic E-state index is 0.319. The molecule has 70 valence electrons. The first-order chi connectivity index (χ1) is 6.08. The van der Waals surface area contributed by atoms with Crippen molar-refractivity contribution < 1.29 is 0 Å². The van der Waals surface area contributed by atoms with Gasteiger partial charge < -0.3 is 5.32 Å². The van der Waals surface area contributed by atoms with Crippen molar-refractivity contribution in [2.75, 3.05) is 11.9 Å². The van der Waals surface area contributed by atoms with Crippen molar-refractivity contribution in [1.29, 1.82) is 0 Å².